The predicted molar refractivity (Wildman–Crippen MR) is 125 cm³/mol. The van der Waals surface area contributed by atoms with E-state index < -0.39 is 0 Å². The summed E-state index contributed by atoms with van der Waals surface area (Å²) in [6.45, 7) is 0.545. The summed E-state index contributed by atoms with van der Waals surface area (Å²) in [5.41, 5.74) is 2.64. The summed E-state index contributed by atoms with van der Waals surface area (Å²) in [5.74, 6) is 0.777. The van der Waals surface area contributed by atoms with Gasteiger partial charge in [0.05, 0.1) is 5.69 Å². The van der Waals surface area contributed by atoms with Gasteiger partial charge in [0.15, 0.2) is 5.65 Å². The molecule has 1 amide bonds. The van der Waals surface area contributed by atoms with E-state index in [0.717, 1.165) is 86.9 Å². The highest BCUT2D eigenvalue weighted by Gasteiger charge is 2.34. The molecule has 0 atom stereocenters. The second-order valence-corrected chi connectivity index (χ2v) is 9.73. The summed E-state index contributed by atoms with van der Waals surface area (Å²) >= 11 is 0. The quantitative estimate of drug-likeness (QED) is 0.585. The minimum atomic E-state index is -0.187. The fourth-order valence-electron chi connectivity index (χ4n) is 5.43. The molecular weight excluding hydrogens is 416 g/mol. The molecule has 1 fully saturated rings. The first-order chi connectivity index (χ1) is 16.1. The van der Waals surface area contributed by atoms with Crippen molar-refractivity contribution in [3.8, 4) is 0 Å². The summed E-state index contributed by atoms with van der Waals surface area (Å²) in [4.78, 5) is 25.4. The molecule has 174 valence electrons. The van der Waals surface area contributed by atoms with Crippen LogP contribution in [-0.4, -0.2) is 36.8 Å². The van der Waals surface area contributed by atoms with Crippen molar-refractivity contribution in [2.75, 3.05) is 6.54 Å². The number of rotatable bonds is 6. The predicted octanol–water partition coefficient (Wildman–Crippen LogP) is 2.86. The Hall–Kier alpha value is -3.03. The lowest BCUT2D eigenvalue weighted by molar-refractivity contribution is -0.122. The van der Waals surface area contributed by atoms with Crippen LogP contribution in [0.4, 0.5) is 0 Å². The maximum atomic E-state index is 12.9. The number of nitrogens with zero attached hydrogens (tertiary/aromatic N) is 5. The third kappa shape index (κ3) is 4.84. The van der Waals surface area contributed by atoms with Crippen molar-refractivity contribution in [3.63, 3.8) is 0 Å². The molecule has 5 rings (SSSR count). The lowest BCUT2D eigenvalue weighted by Gasteiger charge is -2.37. The highest BCUT2D eigenvalue weighted by molar-refractivity contribution is 5.75. The van der Waals surface area contributed by atoms with Gasteiger partial charge in [0.2, 0.25) is 5.91 Å². The summed E-state index contributed by atoms with van der Waals surface area (Å²) in [6, 6.07) is 7.58. The van der Waals surface area contributed by atoms with Gasteiger partial charge < -0.3 is 5.32 Å². The molecule has 0 saturated heterocycles. The van der Waals surface area contributed by atoms with Gasteiger partial charge in [0.1, 0.15) is 12.4 Å². The average Bonchev–Trinajstić information content (AvgIpc) is 3.08. The van der Waals surface area contributed by atoms with Crippen molar-refractivity contribution in [2.24, 2.45) is 5.41 Å². The molecule has 2 aliphatic carbocycles. The van der Waals surface area contributed by atoms with Crippen LogP contribution >= 0.6 is 0 Å². The van der Waals surface area contributed by atoms with E-state index in [2.05, 4.69) is 20.6 Å². The molecule has 0 aromatic carbocycles. The molecule has 0 radical (unpaired) electrons. The summed E-state index contributed by atoms with van der Waals surface area (Å²) in [6.07, 6.45) is 13.5. The Labute approximate surface area is 193 Å². The minimum absolute atomic E-state index is 0.0317. The van der Waals surface area contributed by atoms with E-state index in [1.807, 2.05) is 28.8 Å². The standard InChI is InChI=1S/C25H32N6O2/c32-23(17-31-24(33)15-19-9-3-1-4-10-20(19)29-31)26-18-25(12-6-2-7-13-25)16-22-28-27-21-11-5-8-14-30(21)22/h5,8,11,14-15H,1-4,6-7,9-10,12-13,16-18H2,(H,26,32). The Morgan fingerprint density at radius 3 is 2.73 bits per heavy atom. The van der Waals surface area contributed by atoms with E-state index >= 15 is 0 Å². The van der Waals surface area contributed by atoms with Crippen LogP contribution in [0.2, 0.25) is 0 Å². The number of carbonyl (C=O) groups is 1. The molecule has 2 aliphatic rings. The van der Waals surface area contributed by atoms with E-state index in [9.17, 15) is 9.59 Å². The number of amides is 1. The van der Waals surface area contributed by atoms with Gasteiger partial charge in [-0.1, -0.05) is 31.7 Å². The van der Waals surface area contributed by atoms with Crippen molar-refractivity contribution < 1.29 is 4.79 Å². The molecule has 8 nitrogen and oxygen atoms in total. The molecule has 1 saturated carbocycles. The Morgan fingerprint density at radius 1 is 1.03 bits per heavy atom. The van der Waals surface area contributed by atoms with Gasteiger partial charge in [-0.3, -0.25) is 14.0 Å². The van der Waals surface area contributed by atoms with Crippen molar-refractivity contribution in [2.45, 2.75) is 77.2 Å². The lowest BCUT2D eigenvalue weighted by Crippen LogP contribution is -2.43. The largest absolute Gasteiger partial charge is 0.354 e. The van der Waals surface area contributed by atoms with Gasteiger partial charge >= 0.3 is 0 Å². The molecule has 33 heavy (non-hydrogen) atoms. The zero-order valence-corrected chi connectivity index (χ0v) is 19.1. The summed E-state index contributed by atoms with van der Waals surface area (Å²) < 4.78 is 3.37. The zero-order valence-electron chi connectivity index (χ0n) is 19.1. The SMILES string of the molecule is O=C(Cn1nc2c(cc1=O)CCCCC2)NCC1(Cc2nnc3ccccn23)CCCCC1. The van der Waals surface area contributed by atoms with Crippen molar-refractivity contribution in [3.05, 3.63) is 57.9 Å². The molecule has 1 N–H and O–H groups in total. The average molecular weight is 449 g/mol. The number of pyridine rings is 1. The molecule has 0 unspecified atom stereocenters. The molecule has 8 heteroatoms. The third-order valence-corrected chi connectivity index (χ3v) is 7.31. The molecule has 0 aliphatic heterocycles. The summed E-state index contributed by atoms with van der Waals surface area (Å²) in [7, 11) is 0. The first-order valence-corrected chi connectivity index (χ1v) is 12.3. The smallest absolute Gasteiger partial charge is 0.267 e. The molecule has 3 heterocycles. The summed E-state index contributed by atoms with van der Waals surface area (Å²) in [5, 5.41) is 16.4. The third-order valence-electron chi connectivity index (χ3n) is 7.31. The second kappa shape index (κ2) is 9.45. The van der Waals surface area contributed by atoms with Crippen LogP contribution in [0.5, 0.6) is 0 Å². The van der Waals surface area contributed by atoms with E-state index in [4.69, 9.17) is 0 Å². The minimum Gasteiger partial charge on any atom is -0.354 e. The maximum absolute atomic E-state index is 12.9. The monoisotopic (exact) mass is 448 g/mol. The van der Waals surface area contributed by atoms with Crippen LogP contribution in [0.1, 0.15) is 68.4 Å². The number of carbonyl (C=O) groups excluding carboxylic acids is 1. The lowest BCUT2D eigenvalue weighted by atomic mass is 9.71. The van der Waals surface area contributed by atoms with Gasteiger partial charge in [0.25, 0.3) is 5.56 Å². The highest BCUT2D eigenvalue weighted by Crippen LogP contribution is 2.38. The van der Waals surface area contributed by atoms with Crippen LogP contribution in [-0.2, 0) is 30.6 Å². The molecule has 3 aromatic heterocycles. The van der Waals surface area contributed by atoms with E-state index in [0.29, 0.717) is 6.54 Å². The fraction of sp³-hybridized carbons (Fsp3) is 0.560. The number of aryl methyl sites for hydroxylation is 2. The van der Waals surface area contributed by atoms with E-state index in [1.165, 1.54) is 11.1 Å². The van der Waals surface area contributed by atoms with Gasteiger partial charge in [-0.05, 0) is 61.6 Å². The number of hydrogen-bond acceptors (Lipinski definition) is 5. The van der Waals surface area contributed by atoms with Crippen molar-refractivity contribution in [1.82, 2.24) is 29.7 Å². The molecule has 3 aromatic rings. The van der Waals surface area contributed by atoms with E-state index in [1.54, 1.807) is 6.07 Å². The van der Waals surface area contributed by atoms with Gasteiger partial charge in [-0.2, -0.15) is 5.10 Å². The fourth-order valence-corrected chi connectivity index (χ4v) is 5.43. The number of hydrogen-bond donors (Lipinski definition) is 1. The van der Waals surface area contributed by atoms with Gasteiger partial charge in [-0.15, -0.1) is 10.2 Å². The molecule has 0 bridgehead atoms. The first-order valence-electron chi connectivity index (χ1n) is 12.3. The van der Waals surface area contributed by atoms with Crippen molar-refractivity contribution >= 4 is 11.6 Å². The first kappa shape index (κ1) is 21.8. The van der Waals surface area contributed by atoms with Crippen LogP contribution < -0.4 is 10.9 Å². The number of nitrogens with one attached hydrogen (secondary N) is 1. The normalized spacial score (nSPS) is 17.9. The maximum Gasteiger partial charge on any atom is 0.267 e. The van der Waals surface area contributed by atoms with E-state index in [-0.39, 0.29) is 23.4 Å². The molecular formula is C25H32N6O2. The van der Waals surface area contributed by atoms with Crippen molar-refractivity contribution in [1.29, 1.82) is 0 Å². The number of fused-ring (bicyclic) bond motifs is 2. The highest BCUT2D eigenvalue weighted by atomic mass is 16.2. The topological polar surface area (TPSA) is 94.2 Å². The van der Waals surface area contributed by atoms with Crippen LogP contribution in [0, 0.1) is 5.41 Å². The zero-order chi connectivity index (χ0) is 22.7. The number of aromatic nitrogens is 5. The Balaban J connectivity index is 1.28. The van der Waals surface area contributed by atoms with Crippen LogP contribution in [0.25, 0.3) is 5.65 Å². The van der Waals surface area contributed by atoms with Crippen LogP contribution in [0.15, 0.2) is 35.3 Å². The molecule has 0 spiro atoms. The van der Waals surface area contributed by atoms with Crippen LogP contribution in [0.3, 0.4) is 0 Å². The second-order valence-electron chi connectivity index (χ2n) is 9.73. The van der Waals surface area contributed by atoms with Gasteiger partial charge in [-0.25, -0.2) is 4.68 Å². The van der Waals surface area contributed by atoms with Gasteiger partial charge in [0, 0.05) is 25.2 Å². The Kier molecular flexibility index (Phi) is 6.24. The Bertz CT molecular complexity index is 1190. The Morgan fingerprint density at radius 2 is 1.85 bits per heavy atom.